The highest BCUT2D eigenvalue weighted by Crippen LogP contribution is 2.34. The van der Waals surface area contributed by atoms with E-state index < -0.39 is 6.04 Å². The van der Waals surface area contributed by atoms with Crippen molar-refractivity contribution in [1.29, 1.82) is 0 Å². The average molecular weight is 550 g/mol. The Labute approximate surface area is 228 Å². The van der Waals surface area contributed by atoms with Gasteiger partial charge in [-0.25, -0.2) is 15.3 Å². The maximum atomic E-state index is 13.4. The highest BCUT2D eigenvalue weighted by Gasteiger charge is 2.42. The van der Waals surface area contributed by atoms with Gasteiger partial charge >= 0.3 is 0 Å². The van der Waals surface area contributed by atoms with E-state index in [9.17, 15) is 14.4 Å². The molecule has 2 aromatic carbocycles. The lowest BCUT2D eigenvalue weighted by Gasteiger charge is -2.25. The first-order chi connectivity index (χ1) is 18.9. The third-order valence-corrected chi connectivity index (χ3v) is 7.55. The maximum Gasteiger partial charge on any atom is 0.259 e. The number of hydrazine groups is 1. The molecule has 4 N–H and O–H groups in total. The zero-order valence-corrected chi connectivity index (χ0v) is 21.9. The van der Waals surface area contributed by atoms with Crippen molar-refractivity contribution < 1.29 is 23.9 Å². The fraction of sp³-hybridized carbons (Fsp3) is 0.346. The molecule has 3 unspecified atom stereocenters. The molecule has 2 aromatic rings. The number of thioether (sulfide) groups is 1. The first-order valence-electron chi connectivity index (χ1n) is 12.6. The quantitative estimate of drug-likeness (QED) is 0.402. The number of ether oxygens (including phenoxy) is 2. The molecule has 0 aliphatic carbocycles. The lowest BCUT2D eigenvalue weighted by Crippen LogP contribution is -2.46. The number of aliphatic imine (C=N–C) groups is 2. The van der Waals surface area contributed by atoms with Crippen molar-refractivity contribution in [3.63, 3.8) is 0 Å². The van der Waals surface area contributed by atoms with Crippen LogP contribution in [0.2, 0.25) is 0 Å². The minimum atomic E-state index is -0.891. The molecule has 13 heteroatoms. The fourth-order valence-corrected chi connectivity index (χ4v) is 5.52. The summed E-state index contributed by atoms with van der Waals surface area (Å²) in [6.45, 7) is 2.48. The van der Waals surface area contributed by atoms with Crippen LogP contribution in [0.4, 0.5) is 5.69 Å². The van der Waals surface area contributed by atoms with Gasteiger partial charge in [-0.1, -0.05) is 30.0 Å². The predicted octanol–water partition coefficient (Wildman–Crippen LogP) is 1.14. The topological polar surface area (TPSA) is 146 Å². The second kappa shape index (κ2) is 10.7. The van der Waals surface area contributed by atoms with Gasteiger partial charge in [0.1, 0.15) is 11.9 Å². The van der Waals surface area contributed by atoms with Crippen molar-refractivity contribution in [2.24, 2.45) is 9.98 Å². The van der Waals surface area contributed by atoms with Crippen molar-refractivity contribution in [2.75, 3.05) is 12.5 Å². The van der Waals surface area contributed by atoms with Gasteiger partial charge in [-0.3, -0.25) is 24.8 Å². The summed E-state index contributed by atoms with van der Waals surface area (Å²) >= 11 is 1.16. The highest BCUT2D eigenvalue weighted by atomic mass is 32.2. The monoisotopic (exact) mass is 549 g/mol. The number of amides is 3. The summed E-state index contributed by atoms with van der Waals surface area (Å²) < 4.78 is 10.7. The molecule has 6 rings (SSSR count). The Morgan fingerprint density at radius 3 is 2.82 bits per heavy atom. The second-order valence-corrected chi connectivity index (χ2v) is 10.5. The number of fused-ring (bicyclic) bond motifs is 4. The molecular formula is C26H27N7O5S. The van der Waals surface area contributed by atoms with Crippen LogP contribution < -0.4 is 31.0 Å². The largest absolute Gasteiger partial charge is 0.454 e. The van der Waals surface area contributed by atoms with E-state index in [0.717, 1.165) is 23.7 Å². The molecule has 0 saturated carbocycles. The number of amidine groups is 2. The molecule has 1 saturated heterocycles. The molecule has 1 fully saturated rings. The summed E-state index contributed by atoms with van der Waals surface area (Å²) in [6, 6.07) is 12.2. The van der Waals surface area contributed by atoms with Crippen LogP contribution in [0, 0.1) is 0 Å². The van der Waals surface area contributed by atoms with Crippen LogP contribution in [-0.2, 0) is 20.9 Å². The zero-order chi connectivity index (χ0) is 26.9. The third kappa shape index (κ3) is 5.33. The summed E-state index contributed by atoms with van der Waals surface area (Å²) in [5.74, 6) is 0.992. The molecule has 0 bridgehead atoms. The van der Waals surface area contributed by atoms with E-state index in [1.807, 2.05) is 43.3 Å². The second-order valence-electron chi connectivity index (χ2n) is 9.56. The van der Waals surface area contributed by atoms with E-state index in [1.165, 1.54) is 4.90 Å². The first kappa shape index (κ1) is 25.3. The SMILES string of the molecule is CC1CC(NC(=O)CSC2=Nc3ccccc3C3=NC(CC(=O)NCc4ccc5c(c4)OCO5)C(=O)N23)NN1. The van der Waals surface area contributed by atoms with Crippen LogP contribution in [0.1, 0.15) is 30.9 Å². The molecule has 0 spiro atoms. The van der Waals surface area contributed by atoms with E-state index >= 15 is 0 Å². The molecule has 12 nitrogen and oxygen atoms in total. The van der Waals surface area contributed by atoms with Gasteiger partial charge in [0.05, 0.1) is 24.0 Å². The normalized spacial score (nSPS) is 22.6. The number of hydrogen-bond donors (Lipinski definition) is 4. The first-order valence-corrected chi connectivity index (χ1v) is 13.6. The van der Waals surface area contributed by atoms with Crippen molar-refractivity contribution in [3.8, 4) is 11.5 Å². The molecule has 4 heterocycles. The zero-order valence-electron chi connectivity index (χ0n) is 21.1. The number of benzene rings is 2. The lowest BCUT2D eigenvalue weighted by molar-refractivity contribution is -0.128. The molecular weight excluding hydrogens is 522 g/mol. The van der Waals surface area contributed by atoms with Crippen molar-refractivity contribution >= 4 is 46.2 Å². The van der Waals surface area contributed by atoms with E-state index in [1.54, 1.807) is 6.07 Å². The Hall–Kier alpha value is -3.94. The molecule has 202 valence electrons. The minimum absolute atomic E-state index is 0.0747. The Kier molecular flexibility index (Phi) is 6.94. The summed E-state index contributed by atoms with van der Waals surface area (Å²) in [7, 11) is 0. The Morgan fingerprint density at radius 2 is 1.97 bits per heavy atom. The molecule has 3 atom stereocenters. The molecule has 39 heavy (non-hydrogen) atoms. The molecule has 3 amide bonds. The van der Waals surface area contributed by atoms with Crippen molar-refractivity contribution in [2.45, 2.75) is 44.6 Å². The highest BCUT2D eigenvalue weighted by molar-refractivity contribution is 8.14. The molecule has 4 aliphatic heterocycles. The summed E-state index contributed by atoms with van der Waals surface area (Å²) in [4.78, 5) is 49.5. The maximum absolute atomic E-state index is 13.4. The average Bonchev–Trinajstić information content (AvgIpc) is 3.65. The van der Waals surface area contributed by atoms with Gasteiger partial charge in [0.25, 0.3) is 5.91 Å². The van der Waals surface area contributed by atoms with E-state index in [2.05, 4.69) is 31.5 Å². The number of para-hydroxylation sites is 1. The number of rotatable bonds is 7. The number of hydrogen-bond acceptors (Lipinski definition) is 10. The van der Waals surface area contributed by atoms with Gasteiger partial charge in [-0.05, 0) is 43.2 Å². The van der Waals surface area contributed by atoms with Gasteiger partial charge in [0, 0.05) is 18.2 Å². The van der Waals surface area contributed by atoms with Gasteiger partial charge < -0.3 is 20.1 Å². The third-order valence-electron chi connectivity index (χ3n) is 6.61. The van der Waals surface area contributed by atoms with Gasteiger partial charge in [0.2, 0.25) is 18.6 Å². The standard InChI is InChI=1S/C26H27N7O5S/c1-14-8-21(32-31-14)30-23(35)12-39-26-29-17-5-3-2-4-16(17)24-28-18(25(36)33(24)26)10-22(34)27-11-15-6-7-19-20(9-15)38-13-37-19/h2-7,9,14,18,21,31-32H,8,10-13H2,1H3,(H,27,34)(H,30,35). The van der Waals surface area contributed by atoms with Crippen molar-refractivity contribution in [1.82, 2.24) is 26.4 Å². The molecule has 0 aromatic heterocycles. The summed E-state index contributed by atoms with van der Waals surface area (Å²) in [5.41, 5.74) is 8.32. The fourth-order valence-electron chi connectivity index (χ4n) is 4.71. The number of nitrogens with one attached hydrogen (secondary N) is 4. The Bertz CT molecular complexity index is 1400. The van der Waals surface area contributed by atoms with Gasteiger partial charge in [-0.2, -0.15) is 0 Å². The van der Waals surface area contributed by atoms with Crippen LogP contribution in [0.25, 0.3) is 0 Å². The van der Waals surface area contributed by atoms with E-state index in [-0.39, 0.29) is 55.4 Å². The Morgan fingerprint density at radius 1 is 1.13 bits per heavy atom. The van der Waals surface area contributed by atoms with Crippen molar-refractivity contribution in [3.05, 3.63) is 53.6 Å². The van der Waals surface area contributed by atoms with Crippen LogP contribution >= 0.6 is 11.8 Å². The van der Waals surface area contributed by atoms with Crippen LogP contribution in [0.15, 0.2) is 52.4 Å². The predicted molar refractivity (Wildman–Crippen MR) is 144 cm³/mol. The van der Waals surface area contributed by atoms with E-state index in [0.29, 0.717) is 33.8 Å². The lowest BCUT2D eigenvalue weighted by atomic mass is 10.1. The number of carbonyl (C=O) groups excluding carboxylic acids is 3. The van der Waals surface area contributed by atoms with Gasteiger partial charge in [-0.15, -0.1) is 0 Å². The van der Waals surface area contributed by atoms with Crippen LogP contribution in [-0.4, -0.2) is 64.4 Å². The summed E-state index contributed by atoms with van der Waals surface area (Å²) in [5, 5.41) is 6.14. The van der Waals surface area contributed by atoms with Gasteiger partial charge in [0.15, 0.2) is 16.7 Å². The smallest absolute Gasteiger partial charge is 0.259 e. The van der Waals surface area contributed by atoms with E-state index in [4.69, 9.17) is 9.47 Å². The van der Waals surface area contributed by atoms with Crippen LogP contribution in [0.3, 0.4) is 0 Å². The van der Waals surface area contributed by atoms with Crippen LogP contribution in [0.5, 0.6) is 11.5 Å². The molecule has 4 aliphatic rings. The number of nitrogens with zero attached hydrogens (tertiary/aromatic N) is 3. The molecule has 0 radical (unpaired) electrons. The summed E-state index contributed by atoms with van der Waals surface area (Å²) in [6.07, 6.45) is 0.501. The number of carbonyl (C=O) groups is 3. The Balaban J connectivity index is 1.11. The minimum Gasteiger partial charge on any atom is -0.454 e.